The lowest BCUT2D eigenvalue weighted by Gasteiger charge is -2.18. The zero-order valence-electron chi connectivity index (χ0n) is 33.7. The minimum Gasteiger partial charge on any atom is -0.481 e. The summed E-state index contributed by atoms with van der Waals surface area (Å²) in [6.45, 7) is 4.53. The van der Waals surface area contributed by atoms with Crippen LogP contribution in [0.25, 0.3) is 0 Å². The Morgan fingerprint density at radius 2 is 0.780 bits per heavy atom. The maximum Gasteiger partial charge on any atom is 0.306 e. The molecule has 0 spiro atoms. The summed E-state index contributed by atoms with van der Waals surface area (Å²) in [4.78, 5) is 23.3. The van der Waals surface area contributed by atoms with E-state index in [1.807, 2.05) is 0 Å². The van der Waals surface area contributed by atoms with Gasteiger partial charge in [0.15, 0.2) is 0 Å². The van der Waals surface area contributed by atoms with E-state index < -0.39 is 5.97 Å². The number of carbonyl (C=O) groups is 2. The van der Waals surface area contributed by atoms with Gasteiger partial charge < -0.3 is 9.84 Å². The highest BCUT2D eigenvalue weighted by Gasteiger charge is 2.14. The monoisotopic (exact) mass is 703 g/mol. The topological polar surface area (TPSA) is 63.6 Å². The van der Waals surface area contributed by atoms with Crippen LogP contribution in [0.5, 0.6) is 0 Å². The van der Waals surface area contributed by atoms with Gasteiger partial charge in [-0.25, -0.2) is 0 Å². The number of hydrogen-bond acceptors (Lipinski definition) is 3. The van der Waals surface area contributed by atoms with Crippen molar-refractivity contribution in [2.24, 2.45) is 0 Å². The Labute approximate surface area is 312 Å². The van der Waals surface area contributed by atoms with Crippen molar-refractivity contribution in [3.63, 3.8) is 0 Å². The Morgan fingerprint density at radius 3 is 1.22 bits per heavy atom. The van der Waals surface area contributed by atoms with Crippen LogP contribution in [-0.4, -0.2) is 23.1 Å². The van der Waals surface area contributed by atoms with Crippen molar-refractivity contribution in [1.29, 1.82) is 0 Å². The number of carboxylic acids is 1. The van der Waals surface area contributed by atoms with Gasteiger partial charge in [-0.2, -0.15) is 0 Å². The number of esters is 1. The summed E-state index contributed by atoms with van der Waals surface area (Å²) in [5.74, 6) is -0.637. The van der Waals surface area contributed by atoms with Gasteiger partial charge in [0, 0.05) is 12.8 Å². The molecule has 0 saturated carbocycles. The van der Waals surface area contributed by atoms with Crippen LogP contribution in [0.3, 0.4) is 0 Å². The van der Waals surface area contributed by atoms with Crippen molar-refractivity contribution in [2.45, 2.75) is 258 Å². The third kappa shape index (κ3) is 40.8. The van der Waals surface area contributed by atoms with E-state index in [2.05, 4.69) is 38.2 Å². The summed E-state index contributed by atoms with van der Waals surface area (Å²) >= 11 is 0. The Bertz CT molecular complexity index is 757. The molecule has 0 bridgehead atoms. The van der Waals surface area contributed by atoms with Crippen molar-refractivity contribution in [3.8, 4) is 0 Å². The smallest absolute Gasteiger partial charge is 0.306 e. The van der Waals surface area contributed by atoms with Gasteiger partial charge in [0.2, 0.25) is 0 Å². The number of rotatable bonds is 41. The fraction of sp³-hybridized carbons (Fsp3) is 0.870. The summed E-state index contributed by atoms with van der Waals surface area (Å²) in [5, 5.41) is 8.72. The molecule has 1 unspecified atom stereocenters. The van der Waals surface area contributed by atoms with Crippen LogP contribution in [0.4, 0.5) is 0 Å². The molecule has 0 aliphatic heterocycles. The zero-order chi connectivity index (χ0) is 36.4. The van der Waals surface area contributed by atoms with Crippen molar-refractivity contribution in [1.82, 2.24) is 0 Å². The molecule has 0 heterocycles. The first kappa shape index (κ1) is 48.4. The fourth-order valence-electron chi connectivity index (χ4n) is 6.86. The van der Waals surface area contributed by atoms with Crippen LogP contribution in [0, 0.1) is 0 Å². The molecule has 0 saturated heterocycles. The predicted molar refractivity (Wildman–Crippen MR) is 218 cm³/mol. The molecule has 4 nitrogen and oxygen atoms in total. The summed E-state index contributed by atoms with van der Waals surface area (Å²) in [6, 6.07) is 0. The SMILES string of the molecule is CCCCC/C=C\C/C=C\CCCCCCCCCCCCCC(=O)OC(CCCCCCCC)CCCCCCCCCCCCC(=O)O. The van der Waals surface area contributed by atoms with E-state index in [0.29, 0.717) is 12.8 Å². The maximum absolute atomic E-state index is 12.7. The molecule has 0 aromatic heterocycles. The highest BCUT2D eigenvalue weighted by atomic mass is 16.5. The first-order valence-corrected chi connectivity index (χ1v) is 22.3. The highest BCUT2D eigenvalue weighted by Crippen LogP contribution is 2.19. The minimum absolute atomic E-state index is 0.0365. The van der Waals surface area contributed by atoms with Gasteiger partial charge in [-0.05, 0) is 70.6 Å². The number of carboxylic acid groups (broad SMARTS) is 1. The van der Waals surface area contributed by atoms with Gasteiger partial charge in [-0.15, -0.1) is 0 Å². The average Bonchev–Trinajstić information content (AvgIpc) is 3.10. The van der Waals surface area contributed by atoms with Gasteiger partial charge in [0.25, 0.3) is 0 Å². The highest BCUT2D eigenvalue weighted by molar-refractivity contribution is 5.69. The van der Waals surface area contributed by atoms with E-state index in [1.165, 1.54) is 167 Å². The number of aliphatic carboxylic acids is 1. The standard InChI is InChI=1S/C46H86O4/c1-3-5-7-9-11-12-13-14-15-16-17-18-19-20-21-22-23-28-31-35-39-43-46(49)50-44(40-36-32-10-8-6-4-2)41-37-33-29-26-24-25-27-30-34-38-42-45(47)48/h11-12,14-15,44H,3-10,13,16-43H2,1-2H3,(H,47,48)/b12-11-,15-14-. The molecule has 0 aliphatic rings. The summed E-state index contributed by atoms with van der Waals surface area (Å²) in [6.07, 6.45) is 53.7. The van der Waals surface area contributed by atoms with E-state index in [9.17, 15) is 9.59 Å². The third-order valence-corrected chi connectivity index (χ3v) is 10.2. The molecule has 0 aliphatic carbocycles. The Morgan fingerprint density at radius 1 is 0.440 bits per heavy atom. The molecule has 4 heteroatoms. The largest absolute Gasteiger partial charge is 0.481 e. The normalized spacial score (nSPS) is 12.4. The molecule has 0 fully saturated rings. The van der Waals surface area contributed by atoms with Crippen molar-refractivity contribution in [2.75, 3.05) is 0 Å². The maximum atomic E-state index is 12.7. The minimum atomic E-state index is -0.673. The van der Waals surface area contributed by atoms with Crippen LogP contribution in [-0.2, 0) is 14.3 Å². The number of allylic oxidation sites excluding steroid dienone is 4. The van der Waals surface area contributed by atoms with E-state index in [0.717, 1.165) is 57.8 Å². The predicted octanol–water partition coefficient (Wildman–Crippen LogP) is 15.6. The fourth-order valence-corrected chi connectivity index (χ4v) is 6.86. The van der Waals surface area contributed by atoms with Crippen LogP contribution in [0.1, 0.15) is 251 Å². The molecule has 1 atom stereocenters. The Kier molecular flexibility index (Phi) is 40.5. The van der Waals surface area contributed by atoms with Gasteiger partial charge in [0.05, 0.1) is 0 Å². The lowest BCUT2D eigenvalue weighted by Crippen LogP contribution is -2.18. The second kappa shape index (κ2) is 41.8. The number of unbranched alkanes of at least 4 members (excludes halogenated alkanes) is 28. The molecular weight excluding hydrogens is 617 g/mol. The average molecular weight is 703 g/mol. The summed E-state index contributed by atoms with van der Waals surface area (Å²) < 4.78 is 6.05. The molecule has 0 radical (unpaired) electrons. The first-order valence-electron chi connectivity index (χ1n) is 22.3. The van der Waals surface area contributed by atoms with Crippen LogP contribution in [0.15, 0.2) is 24.3 Å². The summed E-state index contributed by atoms with van der Waals surface area (Å²) in [5.41, 5.74) is 0. The molecule has 50 heavy (non-hydrogen) atoms. The Balaban J connectivity index is 3.83. The van der Waals surface area contributed by atoms with Crippen molar-refractivity contribution < 1.29 is 19.4 Å². The van der Waals surface area contributed by atoms with E-state index in [4.69, 9.17) is 9.84 Å². The van der Waals surface area contributed by atoms with Gasteiger partial charge in [-0.3, -0.25) is 9.59 Å². The van der Waals surface area contributed by atoms with Gasteiger partial charge >= 0.3 is 11.9 Å². The number of carbonyl (C=O) groups excluding carboxylic acids is 1. The van der Waals surface area contributed by atoms with Crippen molar-refractivity contribution >= 4 is 11.9 Å². The molecule has 294 valence electrons. The van der Waals surface area contributed by atoms with Gasteiger partial charge in [0.1, 0.15) is 6.10 Å². The van der Waals surface area contributed by atoms with E-state index >= 15 is 0 Å². The quantitative estimate of drug-likeness (QED) is 0.0391. The zero-order valence-corrected chi connectivity index (χ0v) is 33.7. The van der Waals surface area contributed by atoms with E-state index in [1.54, 1.807) is 0 Å². The molecular formula is C46H86O4. The van der Waals surface area contributed by atoms with Gasteiger partial charge in [-0.1, -0.05) is 192 Å². The Hall–Kier alpha value is -1.58. The lowest BCUT2D eigenvalue weighted by atomic mass is 10.0. The second-order valence-corrected chi connectivity index (χ2v) is 15.2. The molecule has 1 N–H and O–H groups in total. The van der Waals surface area contributed by atoms with Crippen molar-refractivity contribution in [3.05, 3.63) is 24.3 Å². The van der Waals surface area contributed by atoms with Crippen LogP contribution < -0.4 is 0 Å². The van der Waals surface area contributed by atoms with Crippen LogP contribution in [0.2, 0.25) is 0 Å². The number of hydrogen-bond donors (Lipinski definition) is 1. The molecule has 0 aromatic carbocycles. The number of ether oxygens (including phenoxy) is 1. The molecule has 0 amide bonds. The second-order valence-electron chi connectivity index (χ2n) is 15.2. The summed E-state index contributed by atoms with van der Waals surface area (Å²) in [7, 11) is 0. The lowest BCUT2D eigenvalue weighted by molar-refractivity contribution is -0.150. The molecule has 0 aromatic rings. The first-order chi connectivity index (χ1) is 24.6. The van der Waals surface area contributed by atoms with E-state index in [-0.39, 0.29) is 12.1 Å². The third-order valence-electron chi connectivity index (χ3n) is 10.2. The molecule has 0 rings (SSSR count). The van der Waals surface area contributed by atoms with Crippen LogP contribution >= 0.6 is 0 Å².